The average Bonchev–Trinajstić information content (AvgIpc) is 2.69. The van der Waals surface area contributed by atoms with E-state index in [1.807, 2.05) is 6.07 Å². The minimum atomic E-state index is 0.743. The number of benzene rings is 2. The Labute approximate surface area is 158 Å². The maximum Gasteiger partial charge on any atom is 0.161 e. The molecule has 0 atom stereocenters. The normalized spacial score (nSPS) is 12.3. The molecule has 2 aromatic carbocycles. The van der Waals surface area contributed by atoms with Gasteiger partial charge in [0, 0.05) is 12.1 Å². The molecule has 0 saturated carbocycles. The van der Waals surface area contributed by atoms with Crippen LogP contribution in [0.1, 0.15) is 11.1 Å². The van der Waals surface area contributed by atoms with Gasteiger partial charge in [-0.1, -0.05) is 42.5 Å². The van der Waals surface area contributed by atoms with Crippen LogP contribution in [0, 0.1) is 11.6 Å². The maximum absolute atomic E-state index is 5.81. The van der Waals surface area contributed by atoms with Gasteiger partial charge < -0.3 is 14.0 Å². The van der Waals surface area contributed by atoms with Crippen LogP contribution < -0.4 is 9.47 Å². The Hall–Kier alpha value is -2.59. The number of ether oxygens (including phenoxy) is 2. The van der Waals surface area contributed by atoms with E-state index >= 15 is 0 Å². The molecule has 3 nitrogen and oxygen atoms in total. The third-order valence-electron chi connectivity index (χ3n) is 5.12. The van der Waals surface area contributed by atoms with Crippen LogP contribution in [0.15, 0.2) is 48.5 Å². The SMILES string of the molecule is COc1cc2c(cc1OC)-c1cc(-c3ccccc3)c(C)c(=S)n1CC2. The molecule has 2 heterocycles. The fraction of sp³-hybridized carbons (Fsp3) is 0.227. The molecular weight excluding hydrogens is 342 g/mol. The molecule has 4 rings (SSSR count). The number of methoxy groups -OCH3 is 2. The van der Waals surface area contributed by atoms with Gasteiger partial charge in [-0.25, -0.2) is 0 Å². The molecule has 0 saturated heterocycles. The van der Waals surface area contributed by atoms with Crippen molar-refractivity contribution in [3.05, 3.63) is 64.3 Å². The lowest BCUT2D eigenvalue weighted by Crippen LogP contribution is -2.15. The number of aryl methyl sites for hydroxylation is 1. The van der Waals surface area contributed by atoms with E-state index in [1.165, 1.54) is 16.7 Å². The summed E-state index contributed by atoms with van der Waals surface area (Å²) in [6.07, 6.45) is 0.932. The molecule has 1 aliphatic rings. The summed E-state index contributed by atoms with van der Waals surface area (Å²) in [7, 11) is 3.35. The van der Waals surface area contributed by atoms with Crippen LogP contribution in [-0.2, 0) is 13.0 Å². The van der Waals surface area contributed by atoms with Gasteiger partial charge in [-0.3, -0.25) is 0 Å². The van der Waals surface area contributed by atoms with Gasteiger partial charge >= 0.3 is 0 Å². The minimum absolute atomic E-state index is 0.743. The van der Waals surface area contributed by atoms with Crippen LogP contribution in [0.5, 0.6) is 11.5 Å². The standard InChI is InChI=1S/C22H21NO2S/c1-14-17(15-7-5-4-6-8-15)12-19-18-13-21(25-3)20(24-2)11-16(18)9-10-23(19)22(14)26/h4-8,11-13H,9-10H2,1-3H3. The molecule has 0 radical (unpaired) electrons. The van der Waals surface area contributed by atoms with E-state index in [0.29, 0.717) is 0 Å². The van der Waals surface area contributed by atoms with E-state index in [1.54, 1.807) is 14.2 Å². The van der Waals surface area contributed by atoms with Gasteiger partial charge in [0.1, 0.15) is 4.64 Å². The Morgan fingerprint density at radius 3 is 2.31 bits per heavy atom. The number of fused-ring (bicyclic) bond motifs is 3. The number of rotatable bonds is 3. The number of nitrogens with zero attached hydrogens (tertiary/aromatic N) is 1. The highest BCUT2D eigenvalue weighted by Gasteiger charge is 2.21. The molecular formula is C22H21NO2S. The molecule has 0 N–H and O–H groups in total. The summed E-state index contributed by atoms with van der Waals surface area (Å²) in [6.45, 7) is 2.99. The Balaban J connectivity index is 1.99. The quantitative estimate of drug-likeness (QED) is 0.579. The first-order valence-corrected chi connectivity index (χ1v) is 9.10. The van der Waals surface area contributed by atoms with Gasteiger partial charge in [0.05, 0.1) is 19.9 Å². The zero-order valence-corrected chi connectivity index (χ0v) is 16.0. The van der Waals surface area contributed by atoms with Crippen molar-refractivity contribution >= 4 is 12.2 Å². The van der Waals surface area contributed by atoms with Crippen LogP contribution in [0.25, 0.3) is 22.4 Å². The number of aromatic nitrogens is 1. The fourth-order valence-electron chi connectivity index (χ4n) is 3.71. The highest BCUT2D eigenvalue weighted by molar-refractivity contribution is 7.71. The largest absolute Gasteiger partial charge is 0.493 e. The second-order valence-electron chi connectivity index (χ2n) is 6.51. The predicted molar refractivity (Wildman–Crippen MR) is 108 cm³/mol. The molecule has 1 aliphatic heterocycles. The Bertz CT molecular complexity index is 1040. The van der Waals surface area contributed by atoms with Gasteiger partial charge in [-0.05, 0) is 53.8 Å². The first-order chi connectivity index (χ1) is 12.6. The molecule has 3 aromatic rings. The maximum atomic E-state index is 5.81. The summed E-state index contributed by atoms with van der Waals surface area (Å²) >= 11 is 5.81. The molecule has 132 valence electrons. The van der Waals surface area contributed by atoms with E-state index in [2.05, 4.69) is 54.0 Å². The van der Waals surface area contributed by atoms with E-state index in [9.17, 15) is 0 Å². The van der Waals surface area contributed by atoms with Crippen molar-refractivity contribution in [2.45, 2.75) is 19.9 Å². The van der Waals surface area contributed by atoms with Crippen LogP contribution in [0.4, 0.5) is 0 Å². The van der Waals surface area contributed by atoms with Crippen LogP contribution in [0.3, 0.4) is 0 Å². The van der Waals surface area contributed by atoms with Gasteiger partial charge in [-0.2, -0.15) is 0 Å². The third-order valence-corrected chi connectivity index (χ3v) is 5.64. The number of hydrogen-bond donors (Lipinski definition) is 0. The van der Waals surface area contributed by atoms with E-state index in [0.717, 1.165) is 45.9 Å². The molecule has 26 heavy (non-hydrogen) atoms. The Morgan fingerprint density at radius 1 is 0.923 bits per heavy atom. The Morgan fingerprint density at radius 2 is 1.62 bits per heavy atom. The smallest absolute Gasteiger partial charge is 0.161 e. The van der Waals surface area contributed by atoms with Crippen LogP contribution in [0.2, 0.25) is 0 Å². The van der Waals surface area contributed by atoms with E-state index in [4.69, 9.17) is 21.7 Å². The van der Waals surface area contributed by atoms with E-state index < -0.39 is 0 Å². The minimum Gasteiger partial charge on any atom is -0.493 e. The summed E-state index contributed by atoms with van der Waals surface area (Å²) in [5.74, 6) is 1.51. The van der Waals surface area contributed by atoms with Crippen molar-refractivity contribution < 1.29 is 9.47 Å². The highest BCUT2D eigenvalue weighted by Crippen LogP contribution is 2.40. The Kier molecular flexibility index (Phi) is 4.29. The topological polar surface area (TPSA) is 23.4 Å². The van der Waals surface area contributed by atoms with Gasteiger partial charge in [0.2, 0.25) is 0 Å². The van der Waals surface area contributed by atoms with Gasteiger partial charge in [0.25, 0.3) is 0 Å². The third kappa shape index (κ3) is 2.61. The lowest BCUT2D eigenvalue weighted by molar-refractivity contribution is 0.354. The van der Waals surface area contributed by atoms with Crippen LogP contribution >= 0.6 is 12.2 Å². The first-order valence-electron chi connectivity index (χ1n) is 8.69. The average molecular weight is 363 g/mol. The molecule has 0 spiro atoms. The summed E-state index contributed by atoms with van der Waals surface area (Å²) in [5, 5.41) is 0. The molecule has 0 unspecified atom stereocenters. The summed E-state index contributed by atoms with van der Waals surface area (Å²) in [5.41, 5.74) is 7.09. The van der Waals surface area contributed by atoms with Crippen molar-refractivity contribution in [3.63, 3.8) is 0 Å². The monoisotopic (exact) mass is 363 g/mol. The lowest BCUT2D eigenvalue weighted by atomic mass is 9.93. The van der Waals surface area contributed by atoms with Crippen molar-refractivity contribution in [1.82, 2.24) is 4.57 Å². The van der Waals surface area contributed by atoms with Gasteiger partial charge in [-0.15, -0.1) is 0 Å². The van der Waals surface area contributed by atoms with Crippen molar-refractivity contribution in [1.29, 1.82) is 0 Å². The summed E-state index contributed by atoms with van der Waals surface area (Å²) < 4.78 is 14.1. The molecule has 1 aromatic heterocycles. The highest BCUT2D eigenvalue weighted by atomic mass is 32.1. The second-order valence-corrected chi connectivity index (χ2v) is 6.89. The molecule has 0 fully saturated rings. The summed E-state index contributed by atoms with van der Waals surface area (Å²) in [4.78, 5) is 0. The van der Waals surface area contributed by atoms with E-state index in [-0.39, 0.29) is 0 Å². The molecule has 0 bridgehead atoms. The molecule has 0 aliphatic carbocycles. The van der Waals surface area contributed by atoms with Gasteiger partial charge in [0.15, 0.2) is 11.5 Å². The van der Waals surface area contributed by atoms with Crippen molar-refractivity contribution in [3.8, 4) is 33.9 Å². The van der Waals surface area contributed by atoms with Crippen molar-refractivity contribution in [2.75, 3.05) is 14.2 Å². The molecule has 0 amide bonds. The first kappa shape index (κ1) is 16.9. The second kappa shape index (κ2) is 6.61. The van der Waals surface area contributed by atoms with Crippen LogP contribution in [-0.4, -0.2) is 18.8 Å². The fourth-order valence-corrected chi connectivity index (χ4v) is 4.01. The number of hydrogen-bond acceptors (Lipinski definition) is 3. The predicted octanol–water partition coefficient (Wildman–Crippen LogP) is 5.43. The molecule has 4 heteroatoms. The zero-order chi connectivity index (χ0) is 18.3. The van der Waals surface area contributed by atoms with Crippen molar-refractivity contribution in [2.24, 2.45) is 0 Å². The number of pyridine rings is 1. The zero-order valence-electron chi connectivity index (χ0n) is 15.2. The summed E-state index contributed by atoms with van der Waals surface area (Å²) in [6, 6.07) is 16.8. The lowest BCUT2D eigenvalue weighted by Gasteiger charge is -2.26.